The molecule has 0 bridgehead atoms. The van der Waals surface area contributed by atoms with E-state index < -0.39 is 0 Å². The molecule has 0 radical (unpaired) electrons. The molecule has 1 aromatic rings. The van der Waals surface area contributed by atoms with Crippen molar-refractivity contribution < 1.29 is 4.74 Å². The molecule has 1 aromatic carbocycles. The molecule has 1 aliphatic rings. The molecule has 0 saturated carbocycles. The number of hydrogen-bond donors (Lipinski definition) is 1. The van der Waals surface area contributed by atoms with E-state index in [1.165, 1.54) is 23.1 Å². The molecule has 16 heavy (non-hydrogen) atoms. The van der Waals surface area contributed by atoms with Gasteiger partial charge in [0.1, 0.15) is 5.75 Å². The van der Waals surface area contributed by atoms with Crippen molar-refractivity contribution >= 4 is 0 Å². The van der Waals surface area contributed by atoms with E-state index in [1.54, 1.807) is 0 Å². The number of ether oxygens (including phenoxy) is 1. The Morgan fingerprint density at radius 1 is 1.38 bits per heavy atom. The van der Waals surface area contributed by atoms with Crippen molar-refractivity contribution in [2.45, 2.75) is 39.0 Å². The third-order valence-corrected chi connectivity index (χ3v) is 3.37. The van der Waals surface area contributed by atoms with Crippen LogP contribution >= 0.6 is 0 Å². The molecule has 1 aliphatic heterocycles. The monoisotopic (exact) mass is 219 g/mol. The largest absolute Gasteiger partial charge is 0.493 e. The molecule has 0 spiro atoms. The van der Waals surface area contributed by atoms with E-state index in [1.807, 2.05) is 0 Å². The highest BCUT2D eigenvalue weighted by atomic mass is 16.5. The molecule has 0 aliphatic carbocycles. The van der Waals surface area contributed by atoms with E-state index in [9.17, 15) is 0 Å². The predicted octanol–water partition coefficient (Wildman–Crippen LogP) is 2.91. The maximum atomic E-state index is 5.85. The van der Waals surface area contributed by atoms with Gasteiger partial charge in [0.25, 0.3) is 0 Å². The summed E-state index contributed by atoms with van der Waals surface area (Å²) in [6.07, 6.45) is 3.41. The second-order valence-electron chi connectivity index (χ2n) is 4.76. The Bertz CT molecular complexity index is 373. The van der Waals surface area contributed by atoms with Crippen LogP contribution in [0.1, 0.15) is 41.9 Å². The summed E-state index contributed by atoms with van der Waals surface area (Å²) in [6, 6.07) is 4.41. The summed E-state index contributed by atoms with van der Waals surface area (Å²) in [6.45, 7) is 5.91. The Kier molecular flexibility index (Phi) is 3.49. The summed E-state index contributed by atoms with van der Waals surface area (Å²) in [5, 5.41) is 0. The van der Waals surface area contributed by atoms with Gasteiger partial charge >= 0.3 is 0 Å². The SMILES string of the molecule is Cc1cc(C)c2c(c1)OCCCC2CCN. The molecule has 2 heteroatoms. The minimum Gasteiger partial charge on any atom is -0.493 e. The van der Waals surface area contributed by atoms with Gasteiger partial charge < -0.3 is 10.5 Å². The lowest BCUT2D eigenvalue weighted by Gasteiger charge is -2.19. The van der Waals surface area contributed by atoms with Crippen LogP contribution in [0.3, 0.4) is 0 Å². The van der Waals surface area contributed by atoms with Crippen LogP contribution in [-0.2, 0) is 0 Å². The Balaban J connectivity index is 2.43. The van der Waals surface area contributed by atoms with Crippen LogP contribution in [0.2, 0.25) is 0 Å². The smallest absolute Gasteiger partial charge is 0.123 e. The number of rotatable bonds is 2. The Morgan fingerprint density at radius 2 is 2.19 bits per heavy atom. The molecular formula is C14H21NO. The second-order valence-corrected chi connectivity index (χ2v) is 4.76. The summed E-state index contributed by atoms with van der Waals surface area (Å²) in [5.74, 6) is 1.68. The van der Waals surface area contributed by atoms with Crippen LogP contribution in [0.4, 0.5) is 0 Å². The number of hydrogen-bond acceptors (Lipinski definition) is 2. The second kappa shape index (κ2) is 4.88. The topological polar surface area (TPSA) is 35.2 Å². The van der Waals surface area contributed by atoms with E-state index in [0.29, 0.717) is 5.92 Å². The van der Waals surface area contributed by atoms with E-state index in [-0.39, 0.29) is 0 Å². The third kappa shape index (κ3) is 2.22. The first kappa shape index (κ1) is 11.5. The quantitative estimate of drug-likeness (QED) is 0.830. The van der Waals surface area contributed by atoms with Crippen LogP contribution in [0, 0.1) is 13.8 Å². The summed E-state index contributed by atoms with van der Waals surface area (Å²) < 4.78 is 5.85. The van der Waals surface area contributed by atoms with Gasteiger partial charge in [-0.3, -0.25) is 0 Å². The van der Waals surface area contributed by atoms with Gasteiger partial charge in [0, 0.05) is 5.56 Å². The molecule has 88 valence electrons. The van der Waals surface area contributed by atoms with Crippen molar-refractivity contribution in [1.29, 1.82) is 0 Å². The molecular weight excluding hydrogens is 198 g/mol. The van der Waals surface area contributed by atoms with Crippen molar-refractivity contribution in [3.63, 3.8) is 0 Å². The normalized spacial score (nSPS) is 19.8. The van der Waals surface area contributed by atoms with Gasteiger partial charge in [-0.15, -0.1) is 0 Å². The van der Waals surface area contributed by atoms with Crippen molar-refractivity contribution in [1.82, 2.24) is 0 Å². The molecule has 1 heterocycles. The first-order valence-electron chi connectivity index (χ1n) is 6.16. The first-order chi connectivity index (χ1) is 7.72. The maximum Gasteiger partial charge on any atom is 0.123 e. The van der Waals surface area contributed by atoms with Crippen LogP contribution in [0.25, 0.3) is 0 Å². The van der Waals surface area contributed by atoms with Gasteiger partial charge in [0.05, 0.1) is 6.61 Å². The first-order valence-corrected chi connectivity index (χ1v) is 6.16. The van der Waals surface area contributed by atoms with E-state index in [4.69, 9.17) is 10.5 Å². The minimum absolute atomic E-state index is 0.586. The van der Waals surface area contributed by atoms with Crippen LogP contribution in [0.15, 0.2) is 12.1 Å². The number of benzene rings is 1. The van der Waals surface area contributed by atoms with Gasteiger partial charge in [-0.2, -0.15) is 0 Å². The lowest BCUT2D eigenvalue weighted by molar-refractivity contribution is 0.315. The van der Waals surface area contributed by atoms with E-state index >= 15 is 0 Å². The van der Waals surface area contributed by atoms with Gasteiger partial charge in [-0.1, -0.05) is 6.07 Å². The zero-order chi connectivity index (χ0) is 11.5. The minimum atomic E-state index is 0.586. The van der Waals surface area contributed by atoms with Gasteiger partial charge in [-0.25, -0.2) is 0 Å². The number of nitrogens with two attached hydrogens (primary N) is 1. The third-order valence-electron chi connectivity index (χ3n) is 3.37. The van der Waals surface area contributed by atoms with Crippen LogP contribution in [0.5, 0.6) is 5.75 Å². The number of aryl methyl sites for hydroxylation is 2. The van der Waals surface area contributed by atoms with E-state index in [0.717, 1.165) is 31.7 Å². The summed E-state index contributed by atoms with van der Waals surface area (Å²) in [5.41, 5.74) is 9.74. The van der Waals surface area contributed by atoms with Gasteiger partial charge in [0.15, 0.2) is 0 Å². The molecule has 2 N–H and O–H groups in total. The molecule has 2 rings (SSSR count). The Morgan fingerprint density at radius 3 is 2.94 bits per heavy atom. The highest BCUT2D eigenvalue weighted by Crippen LogP contribution is 2.37. The maximum absolute atomic E-state index is 5.85. The fourth-order valence-electron chi connectivity index (χ4n) is 2.73. The van der Waals surface area contributed by atoms with E-state index in [2.05, 4.69) is 26.0 Å². The van der Waals surface area contributed by atoms with Crippen LogP contribution in [-0.4, -0.2) is 13.2 Å². The fourth-order valence-corrected chi connectivity index (χ4v) is 2.73. The van der Waals surface area contributed by atoms with Crippen molar-refractivity contribution in [3.05, 3.63) is 28.8 Å². The average molecular weight is 219 g/mol. The zero-order valence-corrected chi connectivity index (χ0v) is 10.3. The van der Waals surface area contributed by atoms with Crippen LogP contribution < -0.4 is 10.5 Å². The summed E-state index contributed by atoms with van der Waals surface area (Å²) >= 11 is 0. The number of fused-ring (bicyclic) bond motifs is 1. The lowest BCUT2D eigenvalue weighted by Crippen LogP contribution is -2.08. The predicted molar refractivity (Wildman–Crippen MR) is 67.1 cm³/mol. The Labute approximate surface area is 97.8 Å². The molecule has 1 atom stereocenters. The molecule has 1 unspecified atom stereocenters. The highest BCUT2D eigenvalue weighted by molar-refractivity contribution is 5.45. The summed E-state index contributed by atoms with van der Waals surface area (Å²) in [7, 11) is 0. The molecule has 0 saturated heterocycles. The van der Waals surface area contributed by atoms with Crippen molar-refractivity contribution in [3.8, 4) is 5.75 Å². The lowest BCUT2D eigenvalue weighted by atomic mass is 9.87. The van der Waals surface area contributed by atoms with Gasteiger partial charge in [-0.05, 0) is 62.8 Å². The fraction of sp³-hybridized carbons (Fsp3) is 0.571. The summed E-state index contributed by atoms with van der Waals surface area (Å²) in [4.78, 5) is 0. The van der Waals surface area contributed by atoms with Crippen molar-refractivity contribution in [2.24, 2.45) is 5.73 Å². The molecule has 0 fully saturated rings. The standard InChI is InChI=1S/C14H21NO/c1-10-8-11(2)14-12(5-6-15)4-3-7-16-13(14)9-10/h8-9,12H,3-7,15H2,1-2H3. The van der Waals surface area contributed by atoms with Crippen molar-refractivity contribution in [2.75, 3.05) is 13.2 Å². The molecule has 0 aromatic heterocycles. The highest BCUT2D eigenvalue weighted by Gasteiger charge is 2.21. The molecule has 0 amide bonds. The average Bonchev–Trinajstić information content (AvgIpc) is 2.41. The molecule has 2 nitrogen and oxygen atoms in total. The Hall–Kier alpha value is -1.02. The van der Waals surface area contributed by atoms with Gasteiger partial charge in [0.2, 0.25) is 0 Å². The zero-order valence-electron chi connectivity index (χ0n) is 10.3.